The molecule has 0 saturated carbocycles. The predicted octanol–water partition coefficient (Wildman–Crippen LogP) is 2.12. The average Bonchev–Trinajstić information content (AvgIpc) is 3.10. The fourth-order valence-corrected chi connectivity index (χ4v) is 3.76. The van der Waals surface area contributed by atoms with Gasteiger partial charge in [-0.1, -0.05) is 23.7 Å². The Labute approximate surface area is 147 Å². The molecule has 3 N–H and O–H groups in total. The summed E-state index contributed by atoms with van der Waals surface area (Å²) >= 11 is 5.89. The SMILES string of the molecule is NC[C@H]1CC[C@@H](C(=O)N2CCC(C(O)c3ccc(Cl)cc3)CC2)O1. The molecule has 0 aliphatic carbocycles. The molecule has 1 amide bonds. The lowest BCUT2D eigenvalue weighted by molar-refractivity contribution is -0.144. The molecule has 2 aliphatic rings. The van der Waals surface area contributed by atoms with E-state index >= 15 is 0 Å². The maximum atomic E-state index is 12.5. The number of piperidine rings is 1. The third kappa shape index (κ3) is 3.91. The minimum atomic E-state index is -0.510. The van der Waals surface area contributed by atoms with Gasteiger partial charge in [0.2, 0.25) is 0 Å². The van der Waals surface area contributed by atoms with Crippen LogP contribution in [0.4, 0.5) is 0 Å². The van der Waals surface area contributed by atoms with Crippen molar-refractivity contribution < 1.29 is 14.6 Å². The number of ether oxygens (including phenoxy) is 1. The fourth-order valence-electron chi connectivity index (χ4n) is 3.63. The summed E-state index contributed by atoms with van der Waals surface area (Å²) in [6.45, 7) is 1.81. The molecule has 2 saturated heterocycles. The minimum absolute atomic E-state index is 0.0169. The highest BCUT2D eigenvalue weighted by Crippen LogP contribution is 2.32. The Balaban J connectivity index is 1.52. The quantitative estimate of drug-likeness (QED) is 0.870. The summed E-state index contributed by atoms with van der Waals surface area (Å²) < 4.78 is 5.70. The van der Waals surface area contributed by atoms with Crippen LogP contribution in [0, 0.1) is 5.92 Å². The first-order valence-electron chi connectivity index (χ1n) is 8.66. The Kier molecular flexibility index (Phi) is 5.76. The Bertz CT molecular complexity index is 558. The lowest BCUT2D eigenvalue weighted by Gasteiger charge is -2.35. The Morgan fingerprint density at radius 1 is 1.25 bits per heavy atom. The van der Waals surface area contributed by atoms with E-state index < -0.39 is 6.10 Å². The van der Waals surface area contributed by atoms with Crippen LogP contribution in [0.2, 0.25) is 5.02 Å². The van der Waals surface area contributed by atoms with Crippen molar-refractivity contribution >= 4 is 17.5 Å². The molecule has 3 atom stereocenters. The van der Waals surface area contributed by atoms with E-state index in [2.05, 4.69) is 0 Å². The highest BCUT2D eigenvalue weighted by atomic mass is 35.5. The third-order valence-electron chi connectivity index (χ3n) is 5.16. The number of amides is 1. The lowest BCUT2D eigenvalue weighted by Crippen LogP contribution is -2.44. The van der Waals surface area contributed by atoms with Crippen LogP contribution >= 0.6 is 11.6 Å². The number of likely N-dealkylation sites (tertiary alicyclic amines) is 1. The fraction of sp³-hybridized carbons (Fsp3) is 0.611. The molecule has 24 heavy (non-hydrogen) atoms. The summed E-state index contributed by atoms with van der Waals surface area (Å²) in [7, 11) is 0. The van der Waals surface area contributed by atoms with E-state index in [1.807, 2.05) is 17.0 Å². The van der Waals surface area contributed by atoms with Crippen molar-refractivity contribution in [1.82, 2.24) is 4.90 Å². The molecule has 1 unspecified atom stereocenters. The zero-order chi connectivity index (χ0) is 17.1. The van der Waals surface area contributed by atoms with Gasteiger partial charge < -0.3 is 20.5 Å². The van der Waals surface area contributed by atoms with Gasteiger partial charge in [0.1, 0.15) is 6.10 Å². The molecular formula is C18H25ClN2O3. The van der Waals surface area contributed by atoms with Crippen LogP contribution < -0.4 is 5.73 Å². The molecule has 2 heterocycles. The van der Waals surface area contributed by atoms with Crippen molar-refractivity contribution in [3.63, 3.8) is 0 Å². The van der Waals surface area contributed by atoms with Crippen molar-refractivity contribution in [2.24, 2.45) is 11.7 Å². The molecule has 2 fully saturated rings. The number of aliphatic hydroxyl groups excluding tert-OH is 1. The molecule has 0 radical (unpaired) electrons. The highest BCUT2D eigenvalue weighted by molar-refractivity contribution is 6.30. The van der Waals surface area contributed by atoms with Crippen LogP contribution in [0.25, 0.3) is 0 Å². The van der Waals surface area contributed by atoms with Crippen molar-refractivity contribution in [2.45, 2.75) is 44.0 Å². The molecule has 6 heteroatoms. The number of carbonyl (C=O) groups excluding carboxylic acids is 1. The molecule has 0 spiro atoms. The topological polar surface area (TPSA) is 75.8 Å². The third-order valence-corrected chi connectivity index (χ3v) is 5.41. The molecule has 1 aromatic rings. The molecular weight excluding hydrogens is 328 g/mol. The van der Waals surface area contributed by atoms with Gasteiger partial charge in [0.25, 0.3) is 5.91 Å². The molecule has 2 aliphatic heterocycles. The monoisotopic (exact) mass is 352 g/mol. The number of halogens is 1. The highest BCUT2D eigenvalue weighted by Gasteiger charge is 2.35. The second kappa shape index (κ2) is 7.83. The number of carbonyl (C=O) groups is 1. The summed E-state index contributed by atoms with van der Waals surface area (Å²) in [5, 5.41) is 11.2. The lowest BCUT2D eigenvalue weighted by atomic mass is 9.87. The van der Waals surface area contributed by atoms with E-state index in [1.165, 1.54) is 0 Å². The van der Waals surface area contributed by atoms with E-state index in [4.69, 9.17) is 22.1 Å². The second-order valence-electron chi connectivity index (χ2n) is 6.72. The zero-order valence-electron chi connectivity index (χ0n) is 13.7. The first kappa shape index (κ1) is 17.7. The zero-order valence-corrected chi connectivity index (χ0v) is 14.5. The maximum Gasteiger partial charge on any atom is 0.251 e. The number of benzene rings is 1. The first-order valence-corrected chi connectivity index (χ1v) is 9.04. The van der Waals surface area contributed by atoms with Crippen molar-refractivity contribution in [3.8, 4) is 0 Å². The summed E-state index contributed by atoms with van der Waals surface area (Å²) in [4.78, 5) is 14.4. The van der Waals surface area contributed by atoms with Gasteiger partial charge >= 0.3 is 0 Å². The van der Waals surface area contributed by atoms with E-state index in [9.17, 15) is 9.90 Å². The second-order valence-corrected chi connectivity index (χ2v) is 7.16. The molecule has 0 bridgehead atoms. The van der Waals surface area contributed by atoms with Gasteiger partial charge in [0.15, 0.2) is 0 Å². The van der Waals surface area contributed by atoms with E-state index in [0.29, 0.717) is 24.7 Å². The van der Waals surface area contributed by atoms with Crippen molar-refractivity contribution in [3.05, 3.63) is 34.9 Å². The Hall–Kier alpha value is -1.14. The van der Waals surface area contributed by atoms with Crippen LogP contribution in [-0.4, -0.2) is 47.8 Å². The molecule has 5 nitrogen and oxygen atoms in total. The molecule has 132 valence electrons. The number of aliphatic hydroxyl groups is 1. The number of nitrogens with zero attached hydrogens (tertiary/aromatic N) is 1. The van der Waals surface area contributed by atoms with Gasteiger partial charge in [0.05, 0.1) is 12.2 Å². The number of nitrogens with two attached hydrogens (primary N) is 1. The van der Waals surface area contributed by atoms with Crippen LogP contribution in [-0.2, 0) is 9.53 Å². The van der Waals surface area contributed by atoms with Gasteiger partial charge in [-0.15, -0.1) is 0 Å². The average molecular weight is 353 g/mol. The van der Waals surface area contributed by atoms with Crippen LogP contribution in [0.5, 0.6) is 0 Å². The number of hydrogen-bond acceptors (Lipinski definition) is 4. The number of rotatable bonds is 4. The summed E-state index contributed by atoms with van der Waals surface area (Å²) in [5.41, 5.74) is 6.49. The predicted molar refractivity (Wildman–Crippen MR) is 92.7 cm³/mol. The Morgan fingerprint density at radius 3 is 2.50 bits per heavy atom. The first-order chi connectivity index (χ1) is 11.6. The van der Waals surface area contributed by atoms with Crippen LogP contribution in [0.15, 0.2) is 24.3 Å². The van der Waals surface area contributed by atoms with Gasteiger partial charge in [-0.05, 0) is 49.3 Å². The van der Waals surface area contributed by atoms with Crippen molar-refractivity contribution in [1.29, 1.82) is 0 Å². The molecule has 0 aromatic heterocycles. The Morgan fingerprint density at radius 2 is 1.92 bits per heavy atom. The molecule has 1 aromatic carbocycles. The van der Waals surface area contributed by atoms with E-state index in [-0.39, 0.29) is 24.0 Å². The summed E-state index contributed by atoms with van der Waals surface area (Å²) in [6.07, 6.45) is 2.38. The smallest absolute Gasteiger partial charge is 0.251 e. The maximum absolute atomic E-state index is 12.5. The minimum Gasteiger partial charge on any atom is -0.388 e. The van der Waals surface area contributed by atoms with Crippen LogP contribution in [0.1, 0.15) is 37.4 Å². The normalized spacial score (nSPS) is 26.5. The van der Waals surface area contributed by atoms with Crippen molar-refractivity contribution in [2.75, 3.05) is 19.6 Å². The standard InChI is InChI=1S/C18H25ClN2O3/c19-14-3-1-12(2-4-14)17(22)13-7-9-21(10-8-13)18(23)16-6-5-15(11-20)24-16/h1-4,13,15-17,22H,5-11,20H2/t15-,16+,17?/m1/s1. The molecule has 3 rings (SSSR count). The van der Waals surface area contributed by atoms with Gasteiger partial charge in [-0.3, -0.25) is 4.79 Å². The van der Waals surface area contributed by atoms with E-state index in [1.54, 1.807) is 12.1 Å². The van der Waals surface area contributed by atoms with Crippen LogP contribution in [0.3, 0.4) is 0 Å². The summed E-state index contributed by atoms with van der Waals surface area (Å²) in [6, 6.07) is 7.32. The van der Waals surface area contributed by atoms with E-state index in [0.717, 1.165) is 31.2 Å². The largest absolute Gasteiger partial charge is 0.388 e. The van der Waals surface area contributed by atoms with Gasteiger partial charge in [-0.2, -0.15) is 0 Å². The number of hydrogen-bond donors (Lipinski definition) is 2. The summed E-state index contributed by atoms with van der Waals surface area (Å²) in [5.74, 6) is 0.238. The van der Waals surface area contributed by atoms with Gasteiger partial charge in [-0.25, -0.2) is 0 Å². The van der Waals surface area contributed by atoms with Gasteiger partial charge in [0, 0.05) is 24.7 Å².